The monoisotopic (exact) mass is 237 g/mol. The predicted octanol–water partition coefficient (Wildman–Crippen LogP) is 1.96. The molecule has 0 bridgehead atoms. The van der Waals surface area contributed by atoms with Crippen molar-refractivity contribution >= 4 is 5.97 Å². The summed E-state index contributed by atoms with van der Waals surface area (Å²) in [4.78, 5) is 11.3. The van der Waals surface area contributed by atoms with Gasteiger partial charge < -0.3 is 15.6 Å². The molecule has 0 saturated carbocycles. The van der Waals surface area contributed by atoms with E-state index in [4.69, 9.17) is 10.5 Å². The van der Waals surface area contributed by atoms with Crippen LogP contribution < -0.4 is 5.73 Å². The summed E-state index contributed by atoms with van der Waals surface area (Å²) in [5.41, 5.74) is 8.27. The molecule has 1 aromatic rings. The van der Waals surface area contributed by atoms with E-state index in [9.17, 15) is 9.90 Å². The molecule has 1 atom stereocenters. The highest BCUT2D eigenvalue weighted by Crippen LogP contribution is 2.29. The molecule has 3 N–H and O–H groups in total. The third kappa shape index (κ3) is 3.46. The van der Waals surface area contributed by atoms with Gasteiger partial charge in [0.05, 0.1) is 13.0 Å². The van der Waals surface area contributed by atoms with Crippen molar-refractivity contribution in [2.45, 2.75) is 33.2 Å². The summed E-state index contributed by atoms with van der Waals surface area (Å²) in [6.45, 7) is 5.82. The topological polar surface area (TPSA) is 72.5 Å². The van der Waals surface area contributed by atoms with Gasteiger partial charge in [0.15, 0.2) is 0 Å². The molecule has 0 aliphatic heterocycles. The lowest BCUT2D eigenvalue weighted by atomic mass is 9.98. The van der Waals surface area contributed by atoms with Gasteiger partial charge in [0.2, 0.25) is 0 Å². The SMILES string of the molecule is CCOC(=O)CC(N)c1cc(C)cc(C)c1O. The zero-order chi connectivity index (χ0) is 13.0. The fourth-order valence-electron chi connectivity index (χ4n) is 1.78. The molecule has 0 heterocycles. The van der Waals surface area contributed by atoms with Crippen LogP contribution in [0.25, 0.3) is 0 Å². The van der Waals surface area contributed by atoms with Crippen LogP contribution in [-0.4, -0.2) is 17.7 Å². The van der Waals surface area contributed by atoms with Gasteiger partial charge in [-0.1, -0.05) is 17.7 Å². The van der Waals surface area contributed by atoms with E-state index in [2.05, 4.69) is 0 Å². The van der Waals surface area contributed by atoms with Crippen molar-refractivity contribution in [3.63, 3.8) is 0 Å². The number of phenols is 1. The summed E-state index contributed by atoms with van der Waals surface area (Å²) in [7, 11) is 0. The lowest BCUT2D eigenvalue weighted by Gasteiger charge is -2.15. The van der Waals surface area contributed by atoms with Crippen molar-refractivity contribution in [1.82, 2.24) is 0 Å². The summed E-state index contributed by atoms with van der Waals surface area (Å²) in [6, 6.07) is 3.13. The average Bonchev–Trinajstić information content (AvgIpc) is 2.23. The van der Waals surface area contributed by atoms with Crippen molar-refractivity contribution in [3.8, 4) is 5.75 Å². The number of aromatic hydroxyl groups is 1. The van der Waals surface area contributed by atoms with Crippen LogP contribution in [0.4, 0.5) is 0 Å². The number of carbonyl (C=O) groups is 1. The summed E-state index contributed by atoms with van der Waals surface area (Å²) < 4.78 is 4.83. The smallest absolute Gasteiger partial charge is 0.307 e. The Balaban J connectivity index is 2.88. The maximum absolute atomic E-state index is 11.3. The summed E-state index contributed by atoms with van der Waals surface area (Å²) >= 11 is 0. The van der Waals surface area contributed by atoms with Gasteiger partial charge in [-0.25, -0.2) is 0 Å². The Bertz CT molecular complexity index is 415. The Morgan fingerprint density at radius 2 is 2.12 bits per heavy atom. The highest BCUT2D eigenvalue weighted by Gasteiger charge is 2.17. The van der Waals surface area contributed by atoms with E-state index in [1.165, 1.54) is 0 Å². The third-order valence-electron chi connectivity index (χ3n) is 2.57. The number of esters is 1. The van der Waals surface area contributed by atoms with Crippen molar-refractivity contribution in [1.29, 1.82) is 0 Å². The maximum atomic E-state index is 11.3. The lowest BCUT2D eigenvalue weighted by molar-refractivity contribution is -0.143. The number of aryl methyl sites for hydroxylation is 2. The molecule has 4 nitrogen and oxygen atoms in total. The first-order valence-corrected chi connectivity index (χ1v) is 5.67. The Morgan fingerprint density at radius 1 is 1.47 bits per heavy atom. The quantitative estimate of drug-likeness (QED) is 0.785. The zero-order valence-corrected chi connectivity index (χ0v) is 10.5. The van der Waals surface area contributed by atoms with E-state index in [1.807, 2.05) is 19.9 Å². The fraction of sp³-hybridized carbons (Fsp3) is 0.462. The Labute approximate surface area is 101 Å². The molecule has 0 saturated heterocycles. The van der Waals surface area contributed by atoms with Gasteiger partial charge in [0, 0.05) is 11.6 Å². The Kier molecular flexibility index (Phi) is 4.52. The highest BCUT2D eigenvalue weighted by atomic mass is 16.5. The molecule has 0 aliphatic rings. The van der Waals surface area contributed by atoms with Crippen molar-refractivity contribution < 1.29 is 14.6 Å². The molecule has 0 aliphatic carbocycles. The van der Waals surface area contributed by atoms with Gasteiger partial charge in [-0.15, -0.1) is 0 Å². The molecule has 1 rings (SSSR count). The number of rotatable bonds is 4. The minimum atomic E-state index is -0.535. The number of nitrogens with two attached hydrogens (primary N) is 1. The van der Waals surface area contributed by atoms with E-state index in [0.29, 0.717) is 12.2 Å². The van der Waals surface area contributed by atoms with E-state index in [-0.39, 0.29) is 18.1 Å². The fourth-order valence-corrected chi connectivity index (χ4v) is 1.78. The number of hydrogen-bond acceptors (Lipinski definition) is 4. The van der Waals surface area contributed by atoms with Gasteiger partial charge in [-0.3, -0.25) is 4.79 Å². The molecular formula is C13H19NO3. The molecule has 0 aromatic heterocycles. The second-order valence-corrected chi connectivity index (χ2v) is 4.14. The van der Waals surface area contributed by atoms with Gasteiger partial charge in [-0.05, 0) is 26.3 Å². The first-order chi connectivity index (χ1) is 7.95. The summed E-state index contributed by atoms with van der Waals surface area (Å²) in [5.74, 6) is -0.189. The van der Waals surface area contributed by atoms with Gasteiger partial charge in [0.25, 0.3) is 0 Å². The largest absolute Gasteiger partial charge is 0.507 e. The molecular weight excluding hydrogens is 218 g/mol. The van der Waals surface area contributed by atoms with Crippen LogP contribution in [0.15, 0.2) is 12.1 Å². The number of hydrogen-bond donors (Lipinski definition) is 2. The first-order valence-electron chi connectivity index (χ1n) is 5.67. The normalized spacial score (nSPS) is 12.2. The van der Waals surface area contributed by atoms with Crippen LogP contribution >= 0.6 is 0 Å². The minimum absolute atomic E-state index is 0.0737. The van der Waals surface area contributed by atoms with Gasteiger partial charge >= 0.3 is 5.97 Å². The van der Waals surface area contributed by atoms with E-state index >= 15 is 0 Å². The highest BCUT2D eigenvalue weighted by molar-refractivity contribution is 5.70. The van der Waals surface area contributed by atoms with Crippen molar-refractivity contribution in [3.05, 3.63) is 28.8 Å². The number of phenolic OH excluding ortho intramolecular Hbond substituents is 1. The maximum Gasteiger partial charge on any atom is 0.307 e. The number of carbonyl (C=O) groups excluding carboxylic acids is 1. The van der Waals surface area contributed by atoms with Crippen LogP contribution in [0.3, 0.4) is 0 Å². The molecule has 17 heavy (non-hydrogen) atoms. The third-order valence-corrected chi connectivity index (χ3v) is 2.57. The van der Waals surface area contributed by atoms with E-state index in [0.717, 1.165) is 11.1 Å². The van der Waals surface area contributed by atoms with Crippen LogP contribution in [-0.2, 0) is 9.53 Å². The molecule has 0 spiro atoms. The molecule has 1 unspecified atom stereocenters. The van der Waals surface area contributed by atoms with Crippen LogP contribution in [0.1, 0.15) is 36.1 Å². The molecule has 4 heteroatoms. The number of benzene rings is 1. The van der Waals surface area contributed by atoms with E-state index < -0.39 is 6.04 Å². The Morgan fingerprint density at radius 3 is 2.71 bits per heavy atom. The molecule has 1 aromatic carbocycles. The molecule has 0 fully saturated rings. The second kappa shape index (κ2) is 5.68. The first kappa shape index (κ1) is 13.5. The van der Waals surface area contributed by atoms with E-state index in [1.54, 1.807) is 13.0 Å². The lowest BCUT2D eigenvalue weighted by Crippen LogP contribution is -2.17. The minimum Gasteiger partial charge on any atom is -0.507 e. The van der Waals surface area contributed by atoms with Crippen LogP contribution in [0, 0.1) is 13.8 Å². The Hall–Kier alpha value is -1.55. The average molecular weight is 237 g/mol. The van der Waals surface area contributed by atoms with Crippen LogP contribution in [0.5, 0.6) is 5.75 Å². The zero-order valence-electron chi connectivity index (χ0n) is 10.5. The molecule has 94 valence electrons. The predicted molar refractivity (Wildman–Crippen MR) is 65.8 cm³/mol. The number of ether oxygens (including phenoxy) is 1. The second-order valence-electron chi connectivity index (χ2n) is 4.14. The standard InChI is InChI=1S/C13H19NO3/c1-4-17-12(15)7-11(14)10-6-8(2)5-9(3)13(10)16/h5-6,11,16H,4,7,14H2,1-3H3. The van der Waals surface area contributed by atoms with Gasteiger partial charge in [0.1, 0.15) is 5.75 Å². The summed E-state index contributed by atoms with van der Waals surface area (Å²) in [5, 5.41) is 9.90. The van der Waals surface area contributed by atoms with Crippen molar-refractivity contribution in [2.24, 2.45) is 5.73 Å². The molecule has 0 radical (unpaired) electrons. The van der Waals surface area contributed by atoms with Crippen LogP contribution in [0.2, 0.25) is 0 Å². The van der Waals surface area contributed by atoms with Gasteiger partial charge in [-0.2, -0.15) is 0 Å². The summed E-state index contributed by atoms with van der Waals surface area (Å²) in [6.07, 6.45) is 0.0737. The molecule has 0 amide bonds. The van der Waals surface area contributed by atoms with Crippen molar-refractivity contribution in [2.75, 3.05) is 6.61 Å².